The number of benzene rings is 2. The molecule has 3 heterocycles. The fraction of sp³-hybridized carbons (Fsp3) is 0.154. The zero-order valence-electron chi connectivity index (χ0n) is 19.2. The molecule has 0 aliphatic heterocycles. The van der Waals surface area contributed by atoms with Crippen molar-refractivity contribution in [3.05, 3.63) is 95.4 Å². The predicted octanol–water partition coefficient (Wildman–Crippen LogP) is 4.88. The monoisotopic (exact) mass is 472 g/mol. The first kappa shape index (κ1) is 22.4. The molecule has 35 heavy (non-hydrogen) atoms. The first-order valence-corrected chi connectivity index (χ1v) is 11.0. The minimum Gasteiger partial charge on any atom is -0.308 e. The molecule has 3 aromatic heterocycles. The van der Waals surface area contributed by atoms with E-state index in [1.54, 1.807) is 47.3 Å². The number of aryl methyl sites for hydroxylation is 2. The van der Waals surface area contributed by atoms with Gasteiger partial charge < -0.3 is 5.32 Å². The van der Waals surface area contributed by atoms with Crippen molar-refractivity contribution in [1.29, 1.82) is 0 Å². The van der Waals surface area contributed by atoms with E-state index in [4.69, 9.17) is 0 Å². The average molecular weight is 472 g/mol. The molecule has 1 N–H and O–H groups in total. The second-order valence-corrected chi connectivity index (χ2v) is 8.28. The molecule has 0 fully saturated rings. The SMILES string of the molecule is Cc1nn(CC(=O)Nc2cc(C)n(Cc3ccccc3F)n2)c2nccc(-c3ccc(F)cc3)c12. The van der Waals surface area contributed by atoms with E-state index in [0.717, 1.165) is 22.2 Å². The predicted molar refractivity (Wildman–Crippen MR) is 129 cm³/mol. The average Bonchev–Trinajstić information content (AvgIpc) is 3.34. The second-order valence-electron chi connectivity index (χ2n) is 8.28. The molecule has 0 saturated heterocycles. The number of nitrogens with zero attached hydrogens (tertiary/aromatic N) is 5. The number of rotatable bonds is 6. The van der Waals surface area contributed by atoms with Crippen molar-refractivity contribution in [2.45, 2.75) is 26.9 Å². The number of carbonyl (C=O) groups excluding carboxylic acids is 1. The Morgan fingerprint density at radius 1 is 0.971 bits per heavy atom. The van der Waals surface area contributed by atoms with Crippen LogP contribution in [0.1, 0.15) is 17.0 Å². The highest BCUT2D eigenvalue weighted by atomic mass is 19.1. The quantitative estimate of drug-likeness (QED) is 0.382. The van der Waals surface area contributed by atoms with Gasteiger partial charge in [0.15, 0.2) is 11.5 Å². The van der Waals surface area contributed by atoms with Crippen molar-refractivity contribution >= 4 is 22.8 Å². The Kier molecular flexibility index (Phi) is 5.82. The Balaban J connectivity index is 1.36. The molecule has 0 spiro atoms. The van der Waals surface area contributed by atoms with E-state index >= 15 is 0 Å². The van der Waals surface area contributed by atoms with Gasteiger partial charge in [0, 0.05) is 28.9 Å². The first-order valence-electron chi connectivity index (χ1n) is 11.0. The number of pyridine rings is 1. The highest BCUT2D eigenvalue weighted by Crippen LogP contribution is 2.30. The minimum absolute atomic E-state index is 0.0660. The molecule has 0 radical (unpaired) electrons. The third kappa shape index (κ3) is 4.52. The zero-order chi connectivity index (χ0) is 24.5. The Bertz CT molecular complexity index is 1540. The summed E-state index contributed by atoms with van der Waals surface area (Å²) in [7, 11) is 0. The molecule has 0 saturated carbocycles. The standard InChI is InChI=1S/C26H22F2N6O/c1-16-13-23(32-33(16)14-19-5-3-4-6-22(19)28)30-24(35)15-34-26-25(17(2)31-34)21(11-12-29-26)18-7-9-20(27)10-8-18/h3-13H,14-15H2,1-2H3,(H,30,32,35). The van der Waals surface area contributed by atoms with E-state index in [2.05, 4.69) is 20.5 Å². The highest BCUT2D eigenvalue weighted by Gasteiger charge is 2.17. The van der Waals surface area contributed by atoms with Gasteiger partial charge in [-0.25, -0.2) is 18.4 Å². The molecule has 9 heteroatoms. The lowest BCUT2D eigenvalue weighted by Crippen LogP contribution is -2.20. The van der Waals surface area contributed by atoms with Gasteiger partial charge in [-0.2, -0.15) is 10.2 Å². The van der Waals surface area contributed by atoms with Crippen molar-refractivity contribution in [3.63, 3.8) is 0 Å². The van der Waals surface area contributed by atoms with Gasteiger partial charge in [-0.05, 0) is 49.2 Å². The van der Waals surface area contributed by atoms with Crippen LogP contribution in [-0.2, 0) is 17.9 Å². The van der Waals surface area contributed by atoms with E-state index in [1.807, 2.05) is 19.9 Å². The number of halogens is 2. The van der Waals surface area contributed by atoms with Crippen LogP contribution in [-0.4, -0.2) is 30.5 Å². The van der Waals surface area contributed by atoms with Crippen molar-refractivity contribution < 1.29 is 13.6 Å². The maximum Gasteiger partial charge on any atom is 0.247 e. The summed E-state index contributed by atoms with van der Waals surface area (Å²) in [5.74, 6) is -0.563. The molecular weight excluding hydrogens is 450 g/mol. The van der Waals surface area contributed by atoms with Gasteiger partial charge in [0.25, 0.3) is 0 Å². The number of hydrogen-bond donors (Lipinski definition) is 1. The molecule has 0 bridgehead atoms. The topological polar surface area (TPSA) is 77.6 Å². The summed E-state index contributed by atoms with van der Waals surface area (Å²) in [5.41, 5.74) is 4.27. The van der Waals surface area contributed by atoms with E-state index in [0.29, 0.717) is 22.7 Å². The van der Waals surface area contributed by atoms with E-state index in [9.17, 15) is 13.6 Å². The van der Waals surface area contributed by atoms with Crippen LogP contribution in [0.3, 0.4) is 0 Å². The van der Waals surface area contributed by atoms with Crippen molar-refractivity contribution in [3.8, 4) is 11.1 Å². The fourth-order valence-electron chi connectivity index (χ4n) is 4.10. The molecule has 176 valence electrons. The number of fused-ring (bicyclic) bond motifs is 1. The summed E-state index contributed by atoms with van der Waals surface area (Å²) < 4.78 is 30.6. The van der Waals surface area contributed by atoms with Crippen LogP contribution in [0.4, 0.5) is 14.6 Å². The van der Waals surface area contributed by atoms with Crippen LogP contribution in [0.5, 0.6) is 0 Å². The molecule has 0 aliphatic carbocycles. The summed E-state index contributed by atoms with van der Waals surface area (Å²) >= 11 is 0. The Morgan fingerprint density at radius 3 is 2.51 bits per heavy atom. The van der Waals surface area contributed by atoms with E-state index < -0.39 is 0 Å². The molecular formula is C26H22F2N6O. The summed E-state index contributed by atoms with van der Waals surface area (Å²) in [6.45, 7) is 3.88. The zero-order valence-corrected chi connectivity index (χ0v) is 19.2. The molecule has 5 aromatic rings. The molecule has 5 rings (SSSR count). The number of carbonyl (C=O) groups is 1. The van der Waals surface area contributed by atoms with Gasteiger partial charge in [-0.3, -0.25) is 9.48 Å². The molecule has 0 atom stereocenters. The van der Waals surface area contributed by atoms with Crippen LogP contribution in [0.25, 0.3) is 22.2 Å². The van der Waals surface area contributed by atoms with Crippen LogP contribution in [0, 0.1) is 25.5 Å². The lowest BCUT2D eigenvalue weighted by Gasteiger charge is -2.06. The van der Waals surface area contributed by atoms with Crippen molar-refractivity contribution in [1.82, 2.24) is 24.5 Å². The van der Waals surface area contributed by atoms with Crippen molar-refractivity contribution in [2.75, 3.05) is 5.32 Å². The number of aromatic nitrogens is 5. The Labute approximate surface area is 200 Å². The van der Waals surface area contributed by atoms with Crippen molar-refractivity contribution in [2.24, 2.45) is 0 Å². The highest BCUT2D eigenvalue weighted by molar-refractivity contribution is 5.96. The molecule has 2 aromatic carbocycles. The number of hydrogen-bond acceptors (Lipinski definition) is 4. The maximum atomic E-state index is 14.0. The third-order valence-electron chi connectivity index (χ3n) is 5.78. The van der Waals surface area contributed by atoms with Gasteiger partial charge in [-0.15, -0.1) is 0 Å². The number of anilines is 1. The lowest BCUT2D eigenvalue weighted by molar-refractivity contribution is -0.116. The van der Waals surface area contributed by atoms with Crippen LogP contribution < -0.4 is 5.32 Å². The molecule has 7 nitrogen and oxygen atoms in total. The van der Waals surface area contributed by atoms with Crippen LogP contribution >= 0.6 is 0 Å². The van der Waals surface area contributed by atoms with Gasteiger partial charge in [0.1, 0.15) is 18.2 Å². The van der Waals surface area contributed by atoms with Gasteiger partial charge >= 0.3 is 0 Å². The second kappa shape index (κ2) is 9.09. The molecule has 1 amide bonds. The summed E-state index contributed by atoms with van der Waals surface area (Å²) in [6, 6.07) is 16.3. The largest absolute Gasteiger partial charge is 0.308 e. The van der Waals surface area contributed by atoms with E-state index in [1.165, 1.54) is 22.9 Å². The minimum atomic E-state index is -0.320. The summed E-state index contributed by atoms with van der Waals surface area (Å²) in [6.07, 6.45) is 1.64. The smallest absolute Gasteiger partial charge is 0.247 e. The summed E-state index contributed by atoms with van der Waals surface area (Å²) in [4.78, 5) is 17.2. The maximum absolute atomic E-state index is 14.0. The lowest BCUT2D eigenvalue weighted by atomic mass is 10.0. The number of nitrogens with one attached hydrogen (secondary N) is 1. The Hall–Kier alpha value is -4.40. The molecule has 0 aliphatic rings. The van der Waals surface area contributed by atoms with Crippen LogP contribution in [0.15, 0.2) is 66.9 Å². The third-order valence-corrected chi connectivity index (χ3v) is 5.78. The van der Waals surface area contributed by atoms with Gasteiger partial charge in [-0.1, -0.05) is 30.3 Å². The van der Waals surface area contributed by atoms with Crippen LogP contribution in [0.2, 0.25) is 0 Å². The fourth-order valence-corrected chi connectivity index (χ4v) is 4.10. The van der Waals surface area contributed by atoms with Gasteiger partial charge in [0.2, 0.25) is 5.91 Å². The van der Waals surface area contributed by atoms with Gasteiger partial charge in [0.05, 0.1) is 12.2 Å². The van der Waals surface area contributed by atoms with E-state index in [-0.39, 0.29) is 30.6 Å². The number of amides is 1. The first-order chi connectivity index (χ1) is 16.9. The molecule has 0 unspecified atom stereocenters. The normalized spacial score (nSPS) is 11.2. The summed E-state index contributed by atoms with van der Waals surface area (Å²) in [5, 5.41) is 12.5. The Morgan fingerprint density at radius 2 is 1.74 bits per heavy atom.